The summed E-state index contributed by atoms with van der Waals surface area (Å²) in [7, 11) is 0. The van der Waals surface area contributed by atoms with Crippen LogP contribution in [-0.4, -0.2) is 42.3 Å². The molecule has 1 fully saturated rings. The highest BCUT2D eigenvalue weighted by Gasteiger charge is 2.16. The lowest BCUT2D eigenvalue weighted by atomic mass is 10.1. The Hall–Kier alpha value is -2.07. The van der Waals surface area contributed by atoms with E-state index in [-0.39, 0.29) is 0 Å². The summed E-state index contributed by atoms with van der Waals surface area (Å²) in [5, 5.41) is 6.46. The van der Waals surface area contributed by atoms with Gasteiger partial charge in [-0.3, -0.25) is 9.91 Å². The standard InChI is InChI=1S/C18H23N3O/c1-3-19-21-12-10-20(11-13-21)14-17-8-9-18(22-17)16-6-4-15(2)5-7-16/h3-9H,10-14H2,1-2H3/b19-3+. The SMILES string of the molecule is C/C=N/N1CCN(Cc2ccc(-c3ccc(C)cc3)o2)CC1. The van der Waals surface area contributed by atoms with Gasteiger partial charge in [0.1, 0.15) is 11.5 Å². The second-order valence-electron chi connectivity index (χ2n) is 5.74. The molecule has 2 heterocycles. The highest BCUT2D eigenvalue weighted by Crippen LogP contribution is 2.23. The van der Waals surface area contributed by atoms with Crippen LogP contribution >= 0.6 is 0 Å². The third-order valence-corrected chi connectivity index (χ3v) is 4.00. The maximum atomic E-state index is 6.00. The molecule has 0 atom stereocenters. The van der Waals surface area contributed by atoms with Crippen LogP contribution in [0.15, 0.2) is 45.9 Å². The van der Waals surface area contributed by atoms with Gasteiger partial charge in [0.15, 0.2) is 0 Å². The van der Waals surface area contributed by atoms with Gasteiger partial charge in [0.2, 0.25) is 0 Å². The van der Waals surface area contributed by atoms with Crippen molar-refractivity contribution in [3.63, 3.8) is 0 Å². The van der Waals surface area contributed by atoms with Crippen molar-refractivity contribution in [2.75, 3.05) is 26.2 Å². The lowest BCUT2D eigenvalue weighted by Gasteiger charge is -2.32. The van der Waals surface area contributed by atoms with E-state index in [1.165, 1.54) is 5.56 Å². The minimum atomic E-state index is 0.871. The van der Waals surface area contributed by atoms with Gasteiger partial charge in [-0.05, 0) is 26.0 Å². The first-order valence-corrected chi connectivity index (χ1v) is 7.86. The minimum Gasteiger partial charge on any atom is -0.460 e. The summed E-state index contributed by atoms with van der Waals surface area (Å²) in [4.78, 5) is 2.42. The molecule has 0 radical (unpaired) electrons. The molecule has 4 heteroatoms. The smallest absolute Gasteiger partial charge is 0.134 e. The number of hydrogen-bond acceptors (Lipinski definition) is 4. The summed E-state index contributed by atoms with van der Waals surface area (Å²) < 4.78 is 6.00. The first kappa shape index (κ1) is 14.9. The maximum absolute atomic E-state index is 6.00. The lowest BCUT2D eigenvalue weighted by molar-refractivity contribution is 0.125. The van der Waals surface area contributed by atoms with Crippen LogP contribution < -0.4 is 0 Å². The van der Waals surface area contributed by atoms with E-state index in [1.807, 2.05) is 13.1 Å². The zero-order chi connectivity index (χ0) is 15.4. The molecule has 1 aliphatic heterocycles. The van der Waals surface area contributed by atoms with Gasteiger partial charge in [0.05, 0.1) is 6.54 Å². The number of benzene rings is 1. The molecule has 22 heavy (non-hydrogen) atoms. The monoisotopic (exact) mass is 297 g/mol. The number of hydrogen-bond donors (Lipinski definition) is 0. The van der Waals surface area contributed by atoms with E-state index in [9.17, 15) is 0 Å². The van der Waals surface area contributed by atoms with Gasteiger partial charge in [-0.15, -0.1) is 0 Å². The van der Waals surface area contributed by atoms with Gasteiger partial charge in [0, 0.05) is 38.0 Å². The number of aryl methyl sites for hydroxylation is 1. The molecule has 4 nitrogen and oxygen atoms in total. The summed E-state index contributed by atoms with van der Waals surface area (Å²) in [6.45, 7) is 8.94. The Morgan fingerprint density at radius 1 is 1.05 bits per heavy atom. The zero-order valence-corrected chi connectivity index (χ0v) is 13.3. The number of rotatable bonds is 4. The molecule has 0 spiro atoms. The molecule has 0 N–H and O–H groups in total. The number of furan rings is 1. The van der Waals surface area contributed by atoms with E-state index in [4.69, 9.17) is 4.42 Å². The Morgan fingerprint density at radius 3 is 2.45 bits per heavy atom. The van der Waals surface area contributed by atoms with Crippen molar-refractivity contribution >= 4 is 6.21 Å². The normalized spacial score (nSPS) is 16.5. The van der Waals surface area contributed by atoms with Gasteiger partial charge < -0.3 is 4.42 Å². The summed E-state index contributed by atoms with van der Waals surface area (Å²) in [5.41, 5.74) is 2.40. The third-order valence-electron chi connectivity index (χ3n) is 4.00. The van der Waals surface area contributed by atoms with Crippen LogP contribution in [0.4, 0.5) is 0 Å². The van der Waals surface area contributed by atoms with E-state index in [1.54, 1.807) is 0 Å². The van der Waals surface area contributed by atoms with E-state index < -0.39 is 0 Å². The van der Waals surface area contributed by atoms with Crippen molar-refractivity contribution in [2.24, 2.45) is 5.10 Å². The average molecular weight is 297 g/mol. The average Bonchev–Trinajstić information content (AvgIpc) is 2.99. The zero-order valence-electron chi connectivity index (χ0n) is 13.3. The highest BCUT2D eigenvalue weighted by atomic mass is 16.3. The molecular weight excluding hydrogens is 274 g/mol. The van der Waals surface area contributed by atoms with Crippen molar-refractivity contribution in [3.8, 4) is 11.3 Å². The van der Waals surface area contributed by atoms with E-state index in [2.05, 4.69) is 58.3 Å². The summed E-state index contributed by atoms with van der Waals surface area (Å²) in [6.07, 6.45) is 1.86. The molecule has 0 bridgehead atoms. The predicted molar refractivity (Wildman–Crippen MR) is 89.9 cm³/mol. The Balaban J connectivity index is 1.59. The van der Waals surface area contributed by atoms with Crippen LogP contribution in [0.2, 0.25) is 0 Å². The van der Waals surface area contributed by atoms with Crippen LogP contribution in [0, 0.1) is 6.92 Å². The number of hydrazone groups is 1. The fourth-order valence-corrected chi connectivity index (χ4v) is 2.73. The van der Waals surface area contributed by atoms with Crippen LogP contribution in [0.3, 0.4) is 0 Å². The summed E-state index contributed by atoms with van der Waals surface area (Å²) >= 11 is 0. The molecular formula is C18H23N3O. The van der Waals surface area contributed by atoms with E-state index >= 15 is 0 Å². The Morgan fingerprint density at radius 2 is 1.77 bits per heavy atom. The van der Waals surface area contributed by atoms with Gasteiger partial charge in [-0.25, -0.2) is 0 Å². The van der Waals surface area contributed by atoms with Crippen molar-refractivity contribution in [3.05, 3.63) is 47.7 Å². The molecule has 0 unspecified atom stereocenters. The van der Waals surface area contributed by atoms with Crippen LogP contribution in [-0.2, 0) is 6.54 Å². The van der Waals surface area contributed by atoms with Gasteiger partial charge >= 0.3 is 0 Å². The van der Waals surface area contributed by atoms with Gasteiger partial charge in [-0.1, -0.05) is 29.8 Å². The molecule has 1 aliphatic rings. The van der Waals surface area contributed by atoms with E-state index in [0.717, 1.165) is 49.8 Å². The van der Waals surface area contributed by atoms with Crippen molar-refractivity contribution in [1.82, 2.24) is 9.91 Å². The van der Waals surface area contributed by atoms with Crippen LogP contribution in [0.1, 0.15) is 18.2 Å². The number of piperazine rings is 1. The highest BCUT2D eigenvalue weighted by molar-refractivity contribution is 5.57. The first-order valence-electron chi connectivity index (χ1n) is 7.86. The largest absolute Gasteiger partial charge is 0.460 e. The minimum absolute atomic E-state index is 0.871. The lowest BCUT2D eigenvalue weighted by Crippen LogP contribution is -2.43. The quantitative estimate of drug-likeness (QED) is 0.811. The number of nitrogens with zero attached hydrogens (tertiary/aromatic N) is 3. The molecule has 1 saturated heterocycles. The third kappa shape index (κ3) is 3.57. The molecule has 1 aromatic carbocycles. The molecule has 0 amide bonds. The van der Waals surface area contributed by atoms with Crippen LogP contribution in [0.5, 0.6) is 0 Å². The van der Waals surface area contributed by atoms with Gasteiger partial charge in [-0.2, -0.15) is 5.10 Å². The molecule has 116 valence electrons. The maximum Gasteiger partial charge on any atom is 0.134 e. The molecule has 1 aromatic heterocycles. The molecule has 0 saturated carbocycles. The molecule has 0 aliphatic carbocycles. The fourth-order valence-electron chi connectivity index (χ4n) is 2.73. The molecule has 3 rings (SSSR count). The Kier molecular flexibility index (Phi) is 4.59. The van der Waals surface area contributed by atoms with Gasteiger partial charge in [0.25, 0.3) is 0 Å². The fraction of sp³-hybridized carbons (Fsp3) is 0.389. The van der Waals surface area contributed by atoms with Crippen LogP contribution in [0.25, 0.3) is 11.3 Å². The molecule has 2 aromatic rings. The predicted octanol–water partition coefficient (Wildman–Crippen LogP) is 3.38. The van der Waals surface area contributed by atoms with E-state index in [0.29, 0.717) is 0 Å². The Labute approximate surface area is 132 Å². The van der Waals surface area contributed by atoms with Crippen molar-refractivity contribution < 1.29 is 4.42 Å². The van der Waals surface area contributed by atoms with Crippen molar-refractivity contribution in [1.29, 1.82) is 0 Å². The first-order chi connectivity index (χ1) is 10.7. The second kappa shape index (κ2) is 6.79. The Bertz CT molecular complexity index is 622. The van der Waals surface area contributed by atoms with Crippen molar-refractivity contribution in [2.45, 2.75) is 20.4 Å². The topological polar surface area (TPSA) is 32.0 Å². The second-order valence-corrected chi connectivity index (χ2v) is 5.74. The summed E-state index contributed by atoms with van der Waals surface area (Å²) in [5.74, 6) is 1.98. The summed E-state index contributed by atoms with van der Waals surface area (Å²) in [6, 6.07) is 12.6.